The van der Waals surface area contributed by atoms with Crippen molar-refractivity contribution in [3.8, 4) is 0 Å². The molecule has 0 aliphatic carbocycles. The van der Waals surface area contributed by atoms with Crippen molar-refractivity contribution < 1.29 is 0 Å². The molecule has 4 heteroatoms. The lowest BCUT2D eigenvalue weighted by Crippen LogP contribution is -2.13. The van der Waals surface area contributed by atoms with Gasteiger partial charge in [0.15, 0.2) is 0 Å². The lowest BCUT2D eigenvalue weighted by Gasteiger charge is -2.06. The largest absolute Gasteiger partial charge is 0.248 e. The van der Waals surface area contributed by atoms with E-state index in [1.54, 1.807) is 0 Å². The Labute approximate surface area is 89.5 Å². The Morgan fingerprint density at radius 1 is 0.867 bits per heavy atom. The van der Waals surface area contributed by atoms with Gasteiger partial charge in [0.1, 0.15) is 6.67 Å². The summed E-state index contributed by atoms with van der Waals surface area (Å²) < 4.78 is 3.93. The van der Waals surface area contributed by atoms with E-state index in [2.05, 4.69) is 36.2 Å². The zero-order valence-corrected chi connectivity index (χ0v) is 9.65. The second-order valence-corrected chi connectivity index (χ2v) is 3.99. The second-order valence-electron chi connectivity index (χ2n) is 3.99. The van der Waals surface area contributed by atoms with Gasteiger partial charge in [-0.2, -0.15) is 10.2 Å². The van der Waals surface area contributed by atoms with Crippen molar-refractivity contribution in [3.05, 3.63) is 34.9 Å². The molecule has 0 saturated carbocycles. The Balaban J connectivity index is 2.29. The zero-order chi connectivity index (χ0) is 11.0. The highest BCUT2D eigenvalue weighted by Gasteiger charge is 2.04. The van der Waals surface area contributed by atoms with Crippen LogP contribution in [0.1, 0.15) is 22.8 Å². The molecule has 15 heavy (non-hydrogen) atoms. The third-order valence-electron chi connectivity index (χ3n) is 2.47. The van der Waals surface area contributed by atoms with Gasteiger partial charge < -0.3 is 0 Å². The first-order chi connectivity index (χ1) is 7.06. The second kappa shape index (κ2) is 3.53. The summed E-state index contributed by atoms with van der Waals surface area (Å²) in [6.45, 7) is 8.83. The van der Waals surface area contributed by atoms with E-state index >= 15 is 0 Å². The summed E-state index contributed by atoms with van der Waals surface area (Å²) in [5.41, 5.74) is 4.43. The SMILES string of the molecule is Cc1cc(C)n(Cn2nc(C)cc2C)n1. The number of hydrogen-bond acceptors (Lipinski definition) is 2. The molecule has 0 aromatic carbocycles. The molecule has 0 aliphatic heterocycles. The quantitative estimate of drug-likeness (QED) is 0.748. The normalized spacial score (nSPS) is 10.9. The Morgan fingerprint density at radius 2 is 1.27 bits per heavy atom. The third-order valence-corrected chi connectivity index (χ3v) is 2.47. The van der Waals surface area contributed by atoms with Crippen molar-refractivity contribution in [1.29, 1.82) is 0 Å². The molecular formula is C11H16N4. The minimum Gasteiger partial charge on any atom is -0.248 e. The molecule has 0 unspecified atom stereocenters. The summed E-state index contributed by atoms with van der Waals surface area (Å²) in [7, 11) is 0. The van der Waals surface area contributed by atoms with Crippen molar-refractivity contribution in [2.75, 3.05) is 0 Å². The van der Waals surface area contributed by atoms with Gasteiger partial charge in [0, 0.05) is 11.4 Å². The molecule has 4 nitrogen and oxygen atoms in total. The van der Waals surface area contributed by atoms with E-state index < -0.39 is 0 Å². The van der Waals surface area contributed by atoms with Crippen molar-refractivity contribution in [3.63, 3.8) is 0 Å². The standard InChI is InChI=1S/C11H16N4/c1-8-5-10(3)14(12-8)7-15-11(4)6-9(2)13-15/h5-6H,7H2,1-4H3. The van der Waals surface area contributed by atoms with Crippen LogP contribution in [0.2, 0.25) is 0 Å². The average molecular weight is 204 g/mol. The van der Waals surface area contributed by atoms with Gasteiger partial charge in [-0.15, -0.1) is 0 Å². The molecule has 0 aliphatic rings. The van der Waals surface area contributed by atoms with Crippen LogP contribution in [0, 0.1) is 27.7 Å². The van der Waals surface area contributed by atoms with E-state index in [4.69, 9.17) is 0 Å². The number of rotatable bonds is 2. The van der Waals surface area contributed by atoms with E-state index in [-0.39, 0.29) is 0 Å². The van der Waals surface area contributed by atoms with Gasteiger partial charge in [-0.3, -0.25) is 0 Å². The highest BCUT2D eigenvalue weighted by molar-refractivity contribution is 5.09. The molecule has 2 aromatic rings. The fourth-order valence-corrected chi connectivity index (χ4v) is 1.76. The number of aromatic nitrogens is 4. The first-order valence-corrected chi connectivity index (χ1v) is 5.08. The summed E-state index contributed by atoms with van der Waals surface area (Å²) in [6.07, 6.45) is 0. The topological polar surface area (TPSA) is 35.6 Å². The Kier molecular flexibility index (Phi) is 2.34. The molecule has 0 N–H and O–H groups in total. The predicted molar refractivity (Wildman–Crippen MR) is 58.8 cm³/mol. The first-order valence-electron chi connectivity index (χ1n) is 5.08. The highest BCUT2D eigenvalue weighted by Crippen LogP contribution is 2.05. The van der Waals surface area contributed by atoms with E-state index in [1.807, 2.05) is 23.2 Å². The van der Waals surface area contributed by atoms with Crippen LogP contribution in [0.25, 0.3) is 0 Å². The van der Waals surface area contributed by atoms with E-state index in [0.29, 0.717) is 6.67 Å². The minimum absolute atomic E-state index is 0.694. The van der Waals surface area contributed by atoms with Gasteiger partial charge in [0.05, 0.1) is 11.4 Å². The fraction of sp³-hybridized carbons (Fsp3) is 0.455. The van der Waals surface area contributed by atoms with E-state index in [9.17, 15) is 0 Å². The Morgan fingerprint density at radius 3 is 1.53 bits per heavy atom. The average Bonchev–Trinajstić information content (AvgIpc) is 2.58. The maximum atomic E-state index is 4.41. The molecule has 0 atom stereocenters. The van der Waals surface area contributed by atoms with E-state index in [1.165, 1.54) is 11.4 Å². The number of hydrogen-bond donors (Lipinski definition) is 0. The summed E-state index contributed by atoms with van der Waals surface area (Å²) in [5.74, 6) is 0. The molecule has 0 bridgehead atoms. The van der Waals surface area contributed by atoms with Gasteiger partial charge in [-0.1, -0.05) is 0 Å². The van der Waals surface area contributed by atoms with Gasteiger partial charge in [0.2, 0.25) is 0 Å². The lowest BCUT2D eigenvalue weighted by atomic mass is 10.4. The van der Waals surface area contributed by atoms with Gasteiger partial charge >= 0.3 is 0 Å². The van der Waals surface area contributed by atoms with Crippen LogP contribution in [0.5, 0.6) is 0 Å². The van der Waals surface area contributed by atoms with Crippen LogP contribution in [-0.4, -0.2) is 19.6 Å². The molecular weight excluding hydrogens is 188 g/mol. The highest BCUT2D eigenvalue weighted by atomic mass is 15.4. The first kappa shape index (κ1) is 9.96. The Bertz CT molecular complexity index is 434. The van der Waals surface area contributed by atoms with Crippen LogP contribution in [0.15, 0.2) is 12.1 Å². The summed E-state index contributed by atoms with van der Waals surface area (Å²) in [4.78, 5) is 0. The molecule has 0 radical (unpaired) electrons. The maximum absolute atomic E-state index is 4.41. The van der Waals surface area contributed by atoms with Crippen LogP contribution < -0.4 is 0 Å². The zero-order valence-electron chi connectivity index (χ0n) is 9.65. The van der Waals surface area contributed by atoms with Crippen molar-refractivity contribution in [2.24, 2.45) is 0 Å². The molecule has 2 heterocycles. The number of aryl methyl sites for hydroxylation is 4. The summed E-state index contributed by atoms with van der Waals surface area (Å²) >= 11 is 0. The van der Waals surface area contributed by atoms with Crippen molar-refractivity contribution in [2.45, 2.75) is 34.4 Å². The molecule has 0 fully saturated rings. The van der Waals surface area contributed by atoms with Gasteiger partial charge in [-0.25, -0.2) is 9.36 Å². The van der Waals surface area contributed by atoms with Crippen LogP contribution >= 0.6 is 0 Å². The van der Waals surface area contributed by atoms with E-state index in [0.717, 1.165) is 11.4 Å². The fourth-order valence-electron chi connectivity index (χ4n) is 1.76. The predicted octanol–water partition coefficient (Wildman–Crippen LogP) is 1.82. The van der Waals surface area contributed by atoms with Crippen molar-refractivity contribution in [1.82, 2.24) is 19.6 Å². The maximum Gasteiger partial charge on any atom is 0.133 e. The van der Waals surface area contributed by atoms with Gasteiger partial charge in [0.25, 0.3) is 0 Å². The molecule has 2 aromatic heterocycles. The summed E-state index contributed by atoms with van der Waals surface area (Å²) in [5, 5.41) is 8.82. The van der Waals surface area contributed by atoms with Crippen molar-refractivity contribution >= 4 is 0 Å². The van der Waals surface area contributed by atoms with Crippen LogP contribution in [-0.2, 0) is 6.67 Å². The lowest BCUT2D eigenvalue weighted by molar-refractivity contribution is 0.480. The monoisotopic (exact) mass is 204 g/mol. The molecule has 80 valence electrons. The Hall–Kier alpha value is -1.58. The minimum atomic E-state index is 0.694. The molecule has 0 spiro atoms. The summed E-state index contributed by atoms with van der Waals surface area (Å²) in [6, 6.07) is 4.15. The molecule has 0 amide bonds. The third kappa shape index (κ3) is 1.93. The smallest absolute Gasteiger partial charge is 0.133 e. The molecule has 2 rings (SSSR count). The van der Waals surface area contributed by atoms with Gasteiger partial charge in [-0.05, 0) is 39.8 Å². The van der Waals surface area contributed by atoms with Crippen LogP contribution in [0.4, 0.5) is 0 Å². The number of nitrogens with zero attached hydrogens (tertiary/aromatic N) is 4. The molecule has 0 saturated heterocycles. The van der Waals surface area contributed by atoms with Crippen LogP contribution in [0.3, 0.4) is 0 Å².